The van der Waals surface area contributed by atoms with E-state index in [4.69, 9.17) is 17.3 Å². The molecule has 3 N–H and O–H groups in total. The van der Waals surface area contributed by atoms with Crippen LogP contribution in [-0.2, 0) is 0 Å². The van der Waals surface area contributed by atoms with Gasteiger partial charge >= 0.3 is 0 Å². The van der Waals surface area contributed by atoms with E-state index < -0.39 is 0 Å². The molecule has 5 heteroatoms. The summed E-state index contributed by atoms with van der Waals surface area (Å²) in [4.78, 5) is 12.5. The Labute approximate surface area is 125 Å². The zero-order valence-electron chi connectivity index (χ0n) is 12.4. The molecule has 1 saturated carbocycles. The third kappa shape index (κ3) is 3.55. The van der Waals surface area contributed by atoms with Crippen molar-refractivity contribution >= 4 is 17.5 Å². The second kappa shape index (κ2) is 5.78. The summed E-state index contributed by atoms with van der Waals surface area (Å²) in [6.07, 6.45) is 4.93. The predicted molar refractivity (Wildman–Crippen MR) is 82.1 cm³/mol. The first kappa shape index (κ1) is 15.4. The Hall–Kier alpha value is -1.00. The van der Waals surface area contributed by atoms with Gasteiger partial charge in [0.15, 0.2) is 0 Å². The molecule has 1 aromatic rings. The number of nitrogens with one attached hydrogen (secondary N) is 1. The summed E-state index contributed by atoms with van der Waals surface area (Å²) in [5.41, 5.74) is 6.11. The minimum absolute atomic E-state index is 0.0857. The number of carbonyl (C=O) groups excluding carboxylic acids is 1. The average molecular weight is 298 g/mol. The van der Waals surface area contributed by atoms with Gasteiger partial charge in [0.25, 0.3) is 5.91 Å². The molecular weight excluding hydrogens is 274 g/mol. The maximum Gasteiger partial charge on any atom is 0.268 e. The lowest BCUT2D eigenvalue weighted by Crippen LogP contribution is -2.52. The smallest absolute Gasteiger partial charge is 0.268 e. The third-order valence-corrected chi connectivity index (χ3v) is 3.92. The molecule has 1 aliphatic rings. The van der Waals surface area contributed by atoms with E-state index in [0.29, 0.717) is 29.2 Å². The molecule has 0 spiro atoms. The van der Waals surface area contributed by atoms with E-state index in [2.05, 4.69) is 19.2 Å². The summed E-state index contributed by atoms with van der Waals surface area (Å²) in [6.45, 7) is 6.68. The molecule has 2 rings (SSSR count). The van der Waals surface area contributed by atoms with Crippen LogP contribution >= 0.6 is 11.6 Å². The van der Waals surface area contributed by atoms with E-state index in [0.717, 1.165) is 19.3 Å². The maximum atomic E-state index is 12.5. The van der Waals surface area contributed by atoms with Crippen LogP contribution in [-0.4, -0.2) is 22.6 Å². The number of aromatic nitrogens is 1. The van der Waals surface area contributed by atoms with Crippen LogP contribution in [0.2, 0.25) is 5.02 Å². The molecule has 1 fully saturated rings. The molecular formula is C15H24ClN3O. The number of amides is 1. The number of nitrogens with zero attached hydrogens (tertiary/aromatic N) is 1. The minimum atomic E-state index is -0.379. The van der Waals surface area contributed by atoms with Gasteiger partial charge in [0.05, 0.1) is 10.6 Å². The van der Waals surface area contributed by atoms with Crippen molar-refractivity contribution in [2.75, 3.05) is 6.54 Å². The SMILES string of the molecule is CC(C)CC(C)(CN)NC(=O)c1cc(Cl)cn1C1CC1. The van der Waals surface area contributed by atoms with Gasteiger partial charge in [0.2, 0.25) is 0 Å². The van der Waals surface area contributed by atoms with Gasteiger partial charge in [0.1, 0.15) is 5.69 Å². The van der Waals surface area contributed by atoms with Crippen LogP contribution in [0, 0.1) is 5.92 Å². The molecule has 1 atom stereocenters. The molecule has 1 amide bonds. The number of rotatable bonds is 6. The first-order chi connectivity index (χ1) is 9.34. The summed E-state index contributed by atoms with van der Waals surface area (Å²) in [6, 6.07) is 2.17. The van der Waals surface area contributed by atoms with E-state index in [-0.39, 0.29) is 11.4 Å². The highest BCUT2D eigenvalue weighted by Gasteiger charge is 2.31. The monoisotopic (exact) mass is 297 g/mol. The van der Waals surface area contributed by atoms with Crippen LogP contribution in [0.15, 0.2) is 12.3 Å². The molecule has 112 valence electrons. The number of hydrogen-bond donors (Lipinski definition) is 2. The lowest BCUT2D eigenvalue weighted by molar-refractivity contribution is 0.0888. The Morgan fingerprint density at radius 1 is 1.60 bits per heavy atom. The topological polar surface area (TPSA) is 60.0 Å². The summed E-state index contributed by atoms with van der Waals surface area (Å²) >= 11 is 6.05. The summed E-state index contributed by atoms with van der Waals surface area (Å²) in [7, 11) is 0. The zero-order chi connectivity index (χ0) is 14.9. The number of carbonyl (C=O) groups is 1. The minimum Gasteiger partial charge on any atom is -0.344 e. The third-order valence-electron chi connectivity index (χ3n) is 3.71. The number of hydrogen-bond acceptors (Lipinski definition) is 2. The Balaban J connectivity index is 2.14. The Morgan fingerprint density at radius 3 is 2.75 bits per heavy atom. The maximum absolute atomic E-state index is 12.5. The van der Waals surface area contributed by atoms with Crippen LogP contribution < -0.4 is 11.1 Å². The Morgan fingerprint density at radius 2 is 2.25 bits per heavy atom. The van der Waals surface area contributed by atoms with Crippen LogP contribution in [0.3, 0.4) is 0 Å². The fourth-order valence-corrected chi connectivity index (χ4v) is 2.92. The van der Waals surface area contributed by atoms with Crippen molar-refractivity contribution in [1.29, 1.82) is 0 Å². The lowest BCUT2D eigenvalue weighted by atomic mass is 9.90. The van der Waals surface area contributed by atoms with Crippen LogP contribution in [0.5, 0.6) is 0 Å². The van der Waals surface area contributed by atoms with Crippen molar-refractivity contribution in [3.05, 3.63) is 23.0 Å². The van der Waals surface area contributed by atoms with E-state index in [1.807, 2.05) is 17.7 Å². The van der Waals surface area contributed by atoms with Crippen molar-refractivity contribution in [1.82, 2.24) is 9.88 Å². The average Bonchev–Trinajstić information content (AvgIpc) is 3.11. The van der Waals surface area contributed by atoms with E-state index >= 15 is 0 Å². The molecule has 0 radical (unpaired) electrons. The van der Waals surface area contributed by atoms with Gasteiger partial charge in [-0.15, -0.1) is 0 Å². The summed E-state index contributed by atoms with van der Waals surface area (Å²) in [5, 5.41) is 3.70. The number of nitrogens with two attached hydrogens (primary N) is 1. The molecule has 1 aliphatic carbocycles. The fraction of sp³-hybridized carbons (Fsp3) is 0.667. The number of halogens is 1. The largest absolute Gasteiger partial charge is 0.344 e. The second-order valence-electron chi connectivity index (χ2n) is 6.50. The molecule has 0 aromatic carbocycles. The predicted octanol–water partition coefficient (Wildman–Crippen LogP) is 2.97. The van der Waals surface area contributed by atoms with Crippen LogP contribution in [0.25, 0.3) is 0 Å². The first-order valence-corrected chi connectivity index (χ1v) is 7.62. The highest BCUT2D eigenvalue weighted by Crippen LogP contribution is 2.37. The molecule has 0 aliphatic heterocycles. The van der Waals surface area contributed by atoms with Crippen molar-refractivity contribution in [3.8, 4) is 0 Å². The molecule has 4 nitrogen and oxygen atoms in total. The van der Waals surface area contributed by atoms with E-state index in [1.54, 1.807) is 6.07 Å². The normalized spacial score (nSPS) is 18.1. The Kier molecular flexibility index (Phi) is 4.45. The van der Waals surface area contributed by atoms with E-state index in [1.165, 1.54) is 0 Å². The molecule has 1 heterocycles. The highest BCUT2D eigenvalue weighted by molar-refractivity contribution is 6.31. The van der Waals surface area contributed by atoms with Crippen molar-refractivity contribution in [2.24, 2.45) is 11.7 Å². The fourth-order valence-electron chi connectivity index (χ4n) is 2.71. The van der Waals surface area contributed by atoms with Crippen molar-refractivity contribution in [3.63, 3.8) is 0 Å². The highest BCUT2D eigenvalue weighted by atomic mass is 35.5. The van der Waals surface area contributed by atoms with Crippen molar-refractivity contribution < 1.29 is 4.79 Å². The quantitative estimate of drug-likeness (QED) is 0.848. The standard InChI is InChI=1S/C15H24ClN3O/c1-10(2)7-15(3,9-17)18-14(20)13-6-11(16)8-19(13)12-4-5-12/h6,8,10,12H,4-5,7,9,17H2,1-3H3,(H,18,20). The summed E-state index contributed by atoms with van der Waals surface area (Å²) < 4.78 is 1.99. The van der Waals surface area contributed by atoms with Gasteiger partial charge in [0, 0.05) is 18.8 Å². The zero-order valence-corrected chi connectivity index (χ0v) is 13.2. The summed E-state index contributed by atoms with van der Waals surface area (Å²) in [5.74, 6) is 0.389. The Bertz CT molecular complexity index is 493. The molecule has 1 aromatic heterocycles. The van der Waals surface area contributed by atoms with Gasteiger partial charge in [-0.1, -0.05) is 25.4 Å². The van der Waals surface area contributed by atoms with Gasteiger partial charge in [-0.3, -0.25) is 4.79 Å². The first-order valence-electron chi connectivity index (χ1n) is 7.24. The van der Waals surface area contributed by atoms with Crippen LogP contribution in [0.4, 0.5) is 0 Å². The van der Waals surface area contributed by atoms with Gasteiger partial charge in [-0.2, -0.15) is 0 Å². The molecule has 20 heavy (non-hydrogen) atoms. The second-order valence-corrected chi connectivity index (χ2v) is 6.94. The lowest BCUT2D eigenvalue weighted by Gasteiger charge is -2.31. The van der Waals surface area contributed by atoms with Gasteiger partial charge in [-0.05, 0) is 38.2 Å². The molecule has 0 bridgehead atoms. The molecule has 1 unspecified atom stereocenters. The van der Waals surface area contributed by atoms with Gasteiger partial charge in [-0.25, -0.2) is 0 Å². The van der Waals surface area contributed by atoms with E-state index in [9.17, 15) is 4.79 Å². The molecule has 0 saturated heterocycles. The van der Waals surface area contributed by atoms with Crippen LogP contribution in [0.1, 0.15) is 56.6 Å². The van der Waals surface area contributed by atoms with Gasteiger partial charge < -0.3 is 15.6 Å². The van der Waals surface area contributed by atoms with Crippen molar-refractivity contribution in [2.45, 2.75) is 51.6 Å².